The first-order chi connectivity index (χ1) is 8.78. The highest BCUT2D eigenvalue weighted by Crippen LogP contribution is 2.20. The van der Waals surface area contributed by atoms with Crippen LogP contribution in [0.4, 0.5) is 14.5 Å². The summed E-state index contributed by atoms with van der Waals surface area (Å²) >= 11 is 0. The van der Waals surface area contributed by atoms with Crippen LogP contribution in [-0.2, 0) is 9.84 Å². The monoisotopic (exact) mass is 293 g/mol. The molecule has 0 saturated heterocycles. The maximum absolute atomic E-state index is 13.5. The molecule has 2 N–H and O–H groups in total. The lowest BCUT2D eigenvalue weighted by atomic mass is 10.2. The first kappa shape index (κ1) is 15.4. The Labute approximate surface area is 109 Å². The third kappa shape index (κ3) is 3.88. The van der Waals surface area contributed by atoms with Crippen molar-refractivity contribution in [2.45, 2.75) is 6.92 Å². The van der Waals surface area contributed by atoms with E-state index >= 15 is 0 Å². The molecule has 0 aromatic heterocycles. The number of anilines is 1. The van der Waals surface area contributed by atoms with E-state index in [0.717, 1.165) is 12.1 Å². The lowest BCUT2D eigenvalue weighted by Crippen LogP contribution is -2.18. The number of nitrogens with one attached hydrogen (secondary N) is 1. The number of rotatable bonds is 6. The van der Waals surface area contributed by atoms with Gasteiger partial charge in [0.15, 0.2) is 21.5 Å². The van der Waals surface area contributed by atoms with Crippen LogP contribution in [0.5, 0.6) is 0 Å². The van der Waals surface area contributed by atoms with Gasteiger partial charge >= 0.3 is 5.97 Å². The quantitative estimate of drug-likeness (QED) is 0.830. The van der Waals surface area contributed by atoms with Crippen LogP contribution in [0.15, 0.2) is 12.1 Å². The van der Waals surface area contributed by atoms with Crippen LogP contribution in [0.1, 0.15) is 17.3 Å². The van der Waals surface area contributed by atoms with E-state index in [1.165, 1.54) is 6.92 Å². The number of benzene rings is 1. The molecule has 0 radical (unpaired) electrons. The minimum atomic E-state index is -3.21. The average molecular weight is 293 g/mol. The molecule has 0 bridgehead atoms. The Kier molecular flexibility index (Phi) is 4.82. The fourth-order valence-electron chi connectivity index (χ4n) is 1.34. The Bertz CT molecular complexity index is 587. The van der Waals surface area contributed by atoms with Gasteiger partial charge in [0.25, 0.3) is 0 Å². The van der Waals surface area contributed by atoms with Crippen molar-refractivity contribution in [2.24, 2.45) is 0 Å². The molecule has 0 heterocycles. The standard InChI is InChI=1S/C11H13F2NO4S/c1-2-19(17,18)6-5-14-8-4-3-7(11(15)16)9(12)10(8)13/h3-4,14H,2,5-6H2,1H3,(H,15,16). The highest BCUT2D eigenvalue weighted by atomic mass is 32.2. The number of hydrogen-bond donors (Lipinski definition) is 2. The molecule has 1 aromatic carbocycles. The molecule has 0 fully saturated rings. The van der Waals surface area contributed by atoms with Gasteiger partial charge in [-0.3, -0.25) is 0 Å². The molecule has 0 aliphatic heterocycles. The zero-order valence-corrected chi connectivity index (χ0v) is 10.9. The van der Waals surface area contributed by atoms with Crippen molar-refractivity contribution in [2.75, 3.05) is 23.4 Å². The number of carboxylic acids is 1. The van der Waals surface area contributed by atoms with Crippen molar-refractivity contribution in [1.29, 1.82) is 0 Å². The summed E-state index contributed by atoms with van der Waals surface area (Å²) in [6.45, 7) is 1.40. The summed E-state index contributed by atoms with van der Waals surface area (Å²) < 4.78 is 49.2. The fraction of sp³-hybridized carbons (Fsp3) is 0.364. The van der Waals surface area contributed by atoms with E-state index in [2.05, 4.69) is 5.32 Å². The maximum Gasteiger partial charge on any atom is 0.338 e. The molecule has 0 aliphatic rings. The van der Waals surface area contributed by atoms with E-state index < -0.39 is 33.0 Å². The van der Waals surface area contributed by atoms with Gasteiger partial charge in [0.05, 0.1) is 17.0 Å². The lowest BCUT2D eigenvalue weighted by molar-refractivity contribution is 0.0690. The van der Waals surface area contributed by atoms with E-state index in [0.29, 0.717) is 0 Å². The molecule has 8 heteroatoms. The Morgan fingerprint density at radius 1 is 1.32 bits per heavy atom. The summed E-state index contributed by atoms with van der Waals surface area (Å²) in [6, 6.07) is 1.97. The molecule has 0 aliphatic carbocycles. The Morgan fingerprint density at radius 3 is 2.47 bits per heavy atom. The minimum Gasteiger partial charge on any atom is -0.478 e. The molecular weight excluding hydrogens is 280 g/mol. The molecule has 19 heavy (non-hydrogen) atoms. The second-order valence-electron chi connectivity index (χ2n) is 3.76. The third-order valence-corrected chi connectivity index (χ3v) is 4.19. The van der Waals surface area contributed by atoms with E-state index in [9.17, 15) is 22.0 Å². The van der Waals surface area contributed by atoms with Crippen molar-refractivity contribution in [3.63, 3.8) is 0 Å². The van der Waals surface area contributed by atoms with Gasteiger partial charge in [0.1, 0.15) is 0 Å². The van der Waals surface area contributed by atoms with Crippen molar-refractivity contribution >= 4 is 21.5 Å². The van der Waals surface area contributed by atoms with Crippen LogP contribution in [0.25, 0.3) is 0 Å². The predicted octanol–water partition coefficient (Wildman–Crippen LogP) is 1.51. The largest absolute Gasteiger partial charge is 0.478 e. The van der Waals surface area contributed by atoms with E-state index in [1.54, 1.807) is 0 Å². The fourth-order valence-corrected chi connectivity index (χ4v) is 2.04. The third-order valence-electron chi connectivity index (χ3n) is 2.48. The van der Waals surface area contributed by atoms with Crippen LogP contribution < -0.4 is 5.32 Å². The first-order valence-electron chi connectivity index (χ1n) is 5.44. The zero-order valence-electron chi connectivity index (χ0n) is 10.1. The van der Waals surface area contributed by atoms with Gasteiger partial charge in [0, 0.05) is 12.3 Å². The molecule has 0 spiro atoms. The molecule has 0 unspecified atom stereocenters. The molecule has 5 nitrogen and oxygen atoms in total. The minimum absolute atomic E-state index is 0.0382. The summed E-state index contributed by atoms with van der Waals surface area (Å²) in [5.74, 6) is -4.64. The Hall–Kier alpha value is -1.70. The van der Waals surface area contributed by atoms with Gasteiger partial charge in [-0.05, 0) is 12.1 Å². The molecule has 0 atom stereocenters. The van der Waals surface area contributed by atoms with Crippen molar-refractivity contribution < 1.29 is 27.1 Å². The van der Waals surface area contributed by atoms with Gasteiger partial charge < -0.3 is 10.4 Å². The average Bonchev–Trinajstić information content (AvgIpc) is 2.34. The normalized spacial score (nSPS) is 11.3. The molecular formula is C11H13F2NO4S. The Morgan fingerprint density at radius 2 is 1.95 bits per heavy atom. The number of carboxylic acid groups (broad SMARTS) is 1. The number of hydrogen-bond acceptors (Lipinski definition) is 4. The highest BCUT2D eigenvalue weighted by Gasteiger charge is 2.18. The number of aromatic carboxylic acids is 1. The topological polar surface area (TPSA) is 83.5 Å². The van der Waals surface area contributed by atoms with Crippen molar-refractivity contribution in [3.05, 3.63) is 29.3 Å². The highest BCUT2D eigenvalue weighted by molar-refractivity contribution is 7.91. The van der Waals surface area contributed by atoms with Crippen molar-refractivity contribution in [1.82, 2.24) is 0 Å². The van der Waals surface area contributed by atoms with Crippen LogP contribution in [0.3, 0.4) is 0 Å². The maximum atomic E-state index is 13.5. The predicted molar refractivity (Wildman–Crippen MR) is 66.1 cm³/mol. The summed E-state index contributed by atoms with van der Waals surface area (Å²) in [4.78, 5) is 10.6. The second-order valence-corrected chi connectivity index (χ2v) is 6.23. The first-order valence-corrected chi connectivity index (χ1v) is 7.26. The summed E-state index contributed by atoms with van der Waals surface area (Å²) in [5.41, 5.74) is -1.04. The van der Waals surface area contributed by atoms with Gasteiger partial charge in [0.2, 0.25) is 0 Å². The van der Waals surface area contributed by atoms with Crippen LogP contribution in [-0.4, -0.2) is 37.5 Å². The Balaban J connectivity index is 2.82. The molecule has 106 valence electrons. The summed E-state index contributed by atoms with van der Waals surface area (Å²) in [5, 5.41) is 11.0. The number of sulfone groups is 1. The second kappa shape index (κ2) is 5.96. The van der Waals surface area contributed by atoms with Gasteiger partial charge in [-0.25, -0.2) is 22.0 Å². The molecule has 1 aromatic rings. The summed E-state index contributed by atoms with van der Waals surface area (Å²) in [7, 11) is -3.21. The number of carbonyl (C=O) groups is 1. The SMILES string of the molecule is CCS(=O)(=O)CCNc1ccc(C(=O)O)c(F)c1F. The van der Waals surface area contributed by atoms with E-state index in [4.69, 9.17) is 5.11 Å². The lowest BCUT2D eigenvalue weighted by Gasteiger charge is -2.09. The zero-order chi connectivity index (χ0) is 14.6. The number of halogens is 2. The van der Waals surface area contributed by atoms with E-state index in [1.807, 2.05) is 0 Å². The molecule has 1 rings (SSSR count). The smallest absolute Gasteiger partial charge is 0.338 e. The van der Waals surface area contributed by atoms with Crippen LogP contribution in [0.2, 0.25) is 0 Å². The van der Waals surface area contributed by atoms with E-state index in [-0.39, 0.29) is 23.7 Å². The molecule has 0 amide bonds. The van der Waals surface area contributed by atoms with Crippen LogP contribution >= 0.6 is 0 Å². The molecule has 0 saturated carbocycles. The van der Waals surface area contributed by atoms with Crippen molar-refractivity contribution in [3.8, 4) is 0 Å². The van der Waals surface area contributed by atoms with Crippen LogP contribution in [0, 0.1) is 11.6 Å². The van der Waals surface area contributed by atoms with Gasteiger partial charge in [-0.1, -0.05) is 6.92 Å². The van der Waals surface area contributed by atoms with Gasteiger partial charge in [-0.15, -0.1) is 0 Å². The summed E-state index contributed by atoms with van der Waals surface area (Å²) in [6.07, 6.45) is 0. The van der Waals surface area contributed by atoms with Gasteiger partial charge in [-0.2, -0.15) is 0 Å².